The topological polar surface area (TPSA) is 84.0 Å². The van der Waals surface area contributed by atoms with Crippen molar-refractivity contribution in [1.82, 2.24) is 9.21 Å². The Hall–Kier alpha value is -1.64. The predicted octanol–water partition coefficient (Wildman–Crippen LogP) is 2.54. The maximum Gasteiger partial charge on any atom is 0.338 e. The molecular weight excluding hydrogens is 392 g/mol. The Kier molecular flexibility index (Phi) is 7.25. The highest BCUT2D eigenvalue weighted by Gasteiger charge is 2.27. The van der Waals surface area contributed by atoms with Gasteiger partial charge in [-0.2, -0.15) is 0 Å². The number of hydrogen-bond donors (Lipinski definition) is 0. The molecule has 2 rings (SSSR count). The summed E-state index contributed by atoms with van der Waals surface area (Å²) in [5.74, 6) is -1.00. The fraction of sp³-hybridized carbons (Fsp3) is 0.556. The highest BCUT2D eigenvalue weighted by Crippen LogP contribution is 2.25. The fourth-order valence-electron chi connectivity index (χ4n) is 2.85. The molecule has 0 N–H and O–H groups in total. The van der Waals surface area contributed by atoms with Crippen LogP contribution in [0.5, 0.6) is 0 Å². The molecule has 0 aliphatic carbocycles. The summed E-state index contributed by atoms with van der Waals surface area (Å²) in [4.78, 5) is 26.5. The summed E-state index contributed by atoms with van der Waals surface area (Å²) in [6, 6.07) is 3.88. The van der Waals surface area contributed by atoms with E-state index in [1.54, 1.807) is 4.90 Å². The van der Waals surface area contributed by atoms with E-state index < -0.39 is 22.1 Å². The van der Waals surface area contributed by atoms with E-state index in [0.717, 1.165) is 30.0 Å². The zero-order chi connectivity index (χ0) is 20.2. The van der Waals surface area contributed by atoms with Crippen molar-refractivity contribution in [3.05, 3.63) is 28.8 Å². The lowest BCUT2D eigenvalue weighted by Gasteiger charge is -2.24. The summed E-state index contributed by atoms with van der Waals surface area (Å²) >= 11 is 5.98. The number of halogens is 1. The van der Waals surface area contributed by atoms with E-state index in [0.29, 0.717) is 13.1 Å². The van der Waals surface area contributed by atoms with Crippen molar-refractivity contribution >= 4 is 33.5 Å². The second-order valence-corrected chi connectivity index (χ2v) is 9.25. The maximum atomic E-state index is 12.5. The van der Waals surface area contributed by atoms with Gasteiger partial charge in [-0.15, -0.1) is 0 Å². The minimum absolute atomic E-state index is 0.00828. The van der Waals surface area contributed by atoms with Crippen LogP contribution in [0, 0.1) is 0 Å². The van der Waals surface area contributed by atoms with Crippen LogP contribution in [0.2, 0.25) is 5.02 Å². The Morgan fingerprint density at radius 1 is 1.15 bits per heavy atom. The Bertz CT molecular complexity index is 802. The van der Waals surface area contributed by atoms with Gasteiger partial charge in [-0.05, 0) is 38.0 Å². The highest BCUT2D eigenvalue weighted by atomic mass is 35.5. The van der Waals surface area contributed by atoms with Crippen molar-refractivity contribution in [3.63, 3.8) is 0 Å². The van der Waals surface area contributed by atoms with Crippen LogP contribution in [0.15, 0.2) is 23.1 Å². The summed E-state index contributed by atoms with van der Waals surface area (Å²) in [6.45, 7) is 2.85. The number of amides is 1. The van der Waals surface area contributed by atoms with Gasteiger partial charge in [0.1, 0.15) is 4.90 Å². The van der Waals surface area contributed by atoms with Crippen molar-refractivity contribution < 1.29 is 22.7 Å². The molecule has 9 heteroatoms. The largest absolute Gasteiger partial charge is 0.449 e. The van der Waals surface area contributed by atoms with Crippen LogP contribution in [0.1, 0.15) is 43.0 Å². The molecule has 1 aromatic rings. The molecule has 0 bridgehead atoms. The van der Waals surface area contributed by atoms with Crippen molar-refractivity contribution in [1.29, 1.82) is 0 Å². The molecule has 1 aliphatic rings. The zero-order valence-corrected chi connectivity index (χ0v) is 17.3. The van der Waals surface area contributed by atoms with Crippen molar-refractivity contribution in [3.8, 4) is 0 Å². The Morgan fingerprint density at radius 3 is 2.30 bits per heavy atom. The van der Waals surface area contributed by atoms with Gasteiger partial charge in [0.2, 0.25) is 10.0 Å². The standard InChI is InChI=1S/C18H25ClN2O5S/c1-13(17(22)21-10-6-4-5-7-11-21)26-18(23)14-8-9-15(19)16(12-14)27(24,25)20(2)3/h8-9,12-13H,4-7,10-11H2,1-3H3. The Balaban J connectivity index is 2.14. The molecule has 0 aromatic heterocycles. The molecule has 0 radical (unpaired) electrons. The zero-order valence-electron chi connectivity index (χ0n) is 15.8. The fourth-order valence-corrected chi connectivity index (χ4v) is 4.25. The average molecular weight is 417 g/mol. The number of hydrogen-bond acceptors (Lipinski definition) is 5. The van der Waals surface area contributed by atoms with Gasteiger partial charge in [-0.1, -0.05) is 24.4 Å². The molecule has 1 atom stereocenters. The van der Waals surface area contributed by atoms with Crippen molar-refractivity contribution in [2.75, 3.05) is 27.2 Å². The molecule has 1 aliphatic heterocycles. The lowest BCUT2D eigenvalue weighted by atomic mass is 10.2. The average Bonchev–Trinajstić information content (AvgIpc) is 2.90. The highest BCUT2D eigenvalue weighted by molar-refractivity contribution is 7.89. The van der Waals surface area contributed by atoms with Gasteiger partial charge in [0.15, 0.2) is 6.10 Å². The number of ether oxygens (including phenoxy) is 1. The van der Waals surface area contributed by atoms with Gasteiger partial charge < -0.3 is 9.64 Å². The molecule has 150 valence electrons. The lowest BCUT2D eigenvalue weighted by molar-refractivity contribution is -0.139. The number of nitrogens with zero attached hydrogens (tertiary/aromatic N) is 2. The number of sulfonamides is 1. The van der Waals surface area contributed by atoms with E-state index in [4.69, 9.17) is 16.3 Å². The number of likely N-dealkylation sites (tertiary alicyclic amines) is 1. The first kappa shape index (κ1) is 21.7. The molecule has 1 heterocycles. The number of carbonyl (C=O) groups excluding carboxylic acids is 2. The third-order valence-corrected chi connectivity index (χ3v) is 6.77. The van der Waals surface area contributed by atoms with Crippen molar-refractivity contribution in [2.45, 2.75) is 43.6 Å². The molecule has 1 aromatic carbocycles. The van der Waals surface area contributed by atoms with Gasteiger partial charge in [0.25, 0.3) is 5.91 Å². The second kappa shape index (κ2) is 9.03. The summed E-state index contributed by atoms with van der Waals surface area (Å²) in [6.07, 6.45) is 3.11. The van der Waals surface area contributed by atoms with Crippen LogP contribution in [0.3, 0.4) is 0 Å². The third-order valence-electron chi connectivity index (χ3n) is 4.47. The molecule has 1 fully saturated rings. The van der Waals surface area contributed by atoms with Crippen LogP contribution >= 0.6 is 11.6 Å². The first-order valence-corrected chi connectivity index (χ1v) is 10.7. The Labute approximate surface area is 165 Å². The molecule has 1 unspecified atom stereocenters. The van der Waals surface area contributed by atoms with E-state index >= 15 is 0 Å². The maximum absolute atomic E-state index is 12.5. The first-order chi connectivity index (χ1) is 12.6. The first-order valence-electron chi connectivity index (χ1n) is 8.86. The van der Waals surface area contributed by atoms with Gasteiger partial charge in [-0.25, -0.2) is 17.5 Å². The number of carbonyl (C=O) groups is 2. The summed E-state index contributed by atoms with van der Waals surface area (Å²) in [7, 11) is -1.06. The third kappa shape index (κ3) is 5.21. The number of benzene rings is 1. The van der Waals surface area contributed by atoms with Crippen LogP contribution in [-0.2, 0) is 19.6 Å². The predicted molar refractivity (Wildman–Crippen MR) is 102 cm³/mol. The van der Waals surface area contributed by atoms with Gasteiger partial charge in [0.05, 0.1) is 10.6 Å². The molecule has 0 saturated carbocycles. The van der Waals surface area contributed by atoms with Crippen LogP contribution in [-0.4, -0.2) is 62.8 Å². The van der Waals surface area contributed by atoms with E-state index in [1.807, 2.05) is 0 Å². The molecule has 1 saturated heterocycles. The van der Waals surface area contributed by atoms with Crippen LogP contribution in [0.25, 0.3) is 0 Å². The van der Waals surface area contributed by atoms with Crippen molar-refractivity contribution in [2.24, 2.45) is 0 Å². The van der Waals surface area contributed by atoms with Crippen LogP contribution in [0.4, 0.5) is 0 Å². The number of esters is 1. The Morgan fingerprint density at radius 2 is 1.74 bits per heavy atom. The van der Waals surface area contributed by atoms with Gasteiger partial charge in [0, 0.05) is 27.2 Å². The summed E-state index contributed by atoms with van der Waals surface area (Å²) in [5.41, 5.74) is 0.0235. The van der Waals surface area contributed by atoms with E-state index in [1.165, 1.54) is 39.2 Å². The molecule has 1 amide bonds. The van der Waals surface area contributed by atoms with E-state index in [9.17, 15) is 18.0 Å². The lowest BCUT2D eigenvalue weighted by Crippen LogP contribution is -2.40. The summed E-state index contributed by atoms with van der Waals surface area (Å²) < 4.78 is 30.9. The van der Waals surface area contributed by atoms with Gasteiger partial charge in [-0.3, -0.25) is 4.79 Å². The SMILES string of the molecule is CC(OC(=O)c1ccc(Cl)c(S(=O)(=O)N(C)C)c1)C(=O)N1CCCCCC1. The quantitative estimate of drug-likeness (QED) is 0.688. The monoisotopic (exact) mass is 416 g/mol. The molecule has 7 nitrogen and oxygen atoms in total. The number of rotatable bonds is 5. The normalized spacial score (nSPS) is 16.7. The minimum Gasteiger partial charge on any atom is -0.449 e. The second-order valence-electron chi connectivity index (χ2n) is 6.72. The molecule has 27 heavy (non-hydrogen) atoms. The van der Waals surface area contributed by atoms with E-state index in [2.05, 4.69) is 0 Å². The minimum atomic E-state index is -3.81. The van der Waals surface area contributed by atoms with E-state index in [-0.39, 0.29) is 21.4 Å². The smallest absolute Gasteiger partial charge is 0.338 e. The summed E-state index contributed by atoms with van der Waals surface area (Å²) in [5, 5.41) is 0.00828. The molecular formula is C18H25ClN2O5S. The van der Waals surface area contributed by atoms with Crippen LogP contribution < -0.4 is 0 Å². The van der Waals surface area contributed by atoms with Gasteiger partial charge >= 0.3 is 5.97 Å². The molecule has 0 spiro atoms.